The van der Waals surface area contributed by atoms with E-state index < -0.39 is 0 Å². The maximum absolute atomic E-state index is 9.33. The fraction of sp³-hybridized carbons (Fsp3) is 0.923. The first-order valence-electron chi connectivity index (χ1n) is 6.39. The van der Waals surface area contributed by atoms with Gasteiger partial charge in [0.1, 0.15) is 5.54 Å². The first-order chi connectivity index (χ1) is 7.47. The largest absolute Gasteiger partial charge is 0.303 e. The third-order valence-electron chi connectivity index (χ3n) is 3.11. The summed E-state index contributed by atoms with van der Waals surface area (Å²) in [4.78, 5) is 2.47. The van der Waals surface area contributed by atoms with Gasteiger partial charge < -0.3 is 4.90 Å². The Hall–Kier alpha value is -0.590. The molecule has 0 aromatic rings. The van der Waals surface area contributed by atoms with Crippen molar-refractivity contribution in [3.05, 3.63) is 0 Å². The molecule has 1 saturated heterocycles. The van der Waals surface area contributed by atoms with Crippen molar-refractivity contribution in [1.82, 2.24) is 10.2 Å². The molecule has 3 heteroatoms. The molecule has 0 radical (unpaired) electrons. The van der Waals surface area contributed by atoms with Gasteiger partial charge in [0.15, 0.2) is 0 Å². The lowest BCUT2D eigenvalue weighted by atomic mass is 9.88. The Morgan fingerprint density at radius 3 is 2.19 bits per heavy atom. The number of hydrogen-bond donors (Lipinski definition) is 1. The Morgan fingerprint density at radius 2 is 1.81 bits per heavy atom. The van der Waals surface area contributed by atoms with E-state index in [-0.39, 0.29) is 5.54 Å². The molecule has 0 aromatic heterocycles. The molecular formula is C13H25N3. The maximum atomic E-state index is 9.33. The molecule has 0 atom stereocenters. The monoisotopic (exact) mass is 223 g/mol. The van der Waals surface area contributed by atoms with Crippen molar-refractivity contribution in [2.75, 3.05) is 19.6 Å². The van der Waals surface area contributed by atoms with Crippen LogP contribution in [0.4, 0.5) is 0 Å². The highest BCUT2D eigenvalue weighted by atomic mass is 15.2. The van der Waals surface area contributed by atoms with Crippen molar-refractivity contribution in [2.45, 2.75) is 52.1 Å². The molecule has 0 amide bonds. The van der Waals surface area contributed by atoms with E-state index in [1.54, 1.807) is 0 Å². The second kappa shape index (κ2) is 5.65. The number of piperidine rings is 1. The van der Waals surface area contributed by atoms with E-state index in [2.05, 4.69) is 44.0 Å². The lowest BCUT2D eigenvalue weighted by Gasteiger charge is -2.39. The second-order valence-corrected chi connectivity index (χ2v) is 5.69. The quantitative estimate of drug-likeness (QED) is 0.792. The summed E-state index contributed by atoms with van der Waals surface area (Å²) in [5, 5.41) is 12.8. The van der Waals surface area contributed by atoms with Gasteiger partial charge in [-0.2, -0.15) is 5.26 Å². The van der Waals surface area contributed by atoms with Crippen LogP contribution in [0, 0.1) is 17.2 Å². The molecule has 0 spiro atoms. The molecule has 1 N–H and O–H groups in total. The predicted octanol–water partition coefficient (Wildman–Crippen LogP) is 2.00. The Balaban J connectivity index is 2.48. The van der Waals surface area contributed by atoms with Crippen LogP contribution in [0.25, 0.3) is 0 Å². The van der Waals surface area contributed by atoms with Gasteiger partial charge in [0.2, 0.25) is 0 Å². The van der Waals surface area contributed by atoms with Crippen LogP contribution in [0.15, 0.2) is 0 Å². The van der Waals surface area contributed by atoms with Crippen molar-refractivity contribution >= 4 is 0 Å². The van der Waals surface area contributed by atoms with E-state index in [0.717, 1.165) is 32.5 Å². The van der Waals surface area contributed by atoms with Crippen molar-refractivity contribution in [1.29, 1.82) is 5.26 Å². The average Bonchev–Trinajstić information content (AvgIpc) is 2.20. The van der Waals surface area contributed by atoms with Gasteiger partial charge in [-0.25, -0.2) is 0 Å². The average molecular weight is 223 g/mol. The zero-order valence-corrected chi connectivity index (χ0v) is 11.1. The molecule has 0 unspecified atom stereocenters. The lowest BCUT2D eigenvalue weighted by molar-refractivity contribution is 0.148. The van der Waals surface area contributed by atoms with Crippen LogP contribution in [-0.2, 0) is 0 Å². The van der Waals surface area contributed by atoms with Crippen LogP contribution in [0.3, 0.4) is 0 Å². The van der Waals surface area contributed by atoms with Gasteiger partial charge in [0, 0.05) is 25.7 Å². The third kappa shape index (κ3) is 3.77. The molecule has 92 valence electrons. The third-order valence-corrected chi connectivity index (χ3v) is 3.11. The molecule has 1 rings (SSSR count). The minimum atomic E-state index is -0.276. The van der Waals surface area contributed by atoms with Crippen molar-refractivity contribution < 1.29 is 0 Å². The number of nitrogens with zero attached hydrogens (tertiary/aromatic N) is 2. The van der Waals surface area contributed by atoms with Gasteiger partial charge in [0.25, 0.3) is 0 Å². The molecule has 0 aliphatic carbocycles. The van der Waals surface area contributed by atoms with Crippen LogP contribution in [0.1, 0.15) is 40.5 Å². The summed E-state index contributed by atoms with van der Waals surface area (Å²) in [6.45, 7) is 12.0. The van der Waals surface area contributed by atoms with Crippen LogP contribution in [0.5, 0.6) is 0 Å². The van der Waals surface area contributed by atoms with Crippen LogP contribution in [-0.4, -0.2) is 36.1 Å². The van der Waals surface area contributed by atoms with E-state index in [4.69, 9.17) is 0 Å². The van der Waals surface area contributed by atoms with E-state index in [0.29, 0.717) is 12.0 Å². The summed E-state index contributed by atoms with van der Waals surface area (Å²) in [7, 11) is 0. The van der Waals surface area contributed by atoms with Crippen molar-refractivity contribution in [2.24, 2.45) is 5.92 Å². The number of nitrogens with one attached hydrogen (secondary N) is 1. The first kappa shape index (κ1) is 13.5. The van der Waals surface area contributed by atoms with Gasteiger partial charge in [-0.1, -0.05) is 13.8 Å². The molecule has 1 heterocycles. The fourth-order valence-electron chi connectivity index (χ4n) is 2.47. The first-order valence-corrected chi connectivity index (χ1v) is 6.39. The van der Waals surface area contributed by atoms with Gasteiger partial charge in [-0.15, -0.1) is 0 Å². The van der Waals surface area contributed by atoms with Crippen LogP contribution < -0.4 is 5.32 Å². The molecule has 1 aliphatic rings. The van der Waals surface area contributed by atoms with Gasteiger partial charge in [-0.3, -0.25) is 5.32 Å². The molecule has 0 saturated carbocycles. The second-order valence-electron chi connectivity index (χ2n) is 5.69. The molecule has 1 aliphatic heterocycles. The smallest absolute Gasteiger partial charge is 0.109 e. The highest BCUT2D eigenvalue weighted by molar-refractivity contribution is 5.10. The number of likely N-dealkylation sites (tertiary alicyclic amines) is 1. The van der Waals surface area contributed by atoms with Gasteiger partial charge >= 0.3 is 0 Å². The van der Waals surface area contributed by atoms with Gasteiger partial charge in [-0.05, 0) is 32.6 Å². The molecule has 16 heavy (non-hydrogen) atoms. The summed E-state index contributed by atoms with van der Waals surface area (Å²) in [5.74, 6) is 0.715. The predicted molar refractivity (Wildman–Crippen MR) is 67.1 cm³/mol. The SMILES string of the molecule is CC(C)CN1CCC(C#N)(NC(C)C)CC1. The fourth-order valence-corrected chi connectivity index (χ4v) is 2.47. The zero-order valence-electron chi connectivity index (χ0n) is 11.1. The summed E-state index contributed by atoms with van der Waals surface area (Å²) in [6.07, 6.45) is 1.91. The summed E-state index contributed by atoms with van der Waals surface area (Å²) in [6, 6.07) is 2.87. The number of nitriles is 1. The topological polar surface area (TPSA) is 39.1 Å². The standard InChI is InChI=1S/C13H25N3/c1-11(2)9-16-7-5-13(10-14,6-8-16)15-12(3)4/h11-12,15H,5-9H2,1-4H3. The van der Waals surface area contributed by atoms with Crippen molar-refractivity contribution in [3.8, 4) is 6.07 Å². The minimum Gasteiger partial charge on any atom is -0.303 e. The minimum absolute atomic E-state index is 0.276. The highest BCUT2D eigenvalue weighted by Gasteiger charge is 2.34. The van der Waals surface area contributed by atoms with E-state index in [9.17, 15) is 5.26 Å². The Kier molecular flexibility index (Phi) is 4.76. The number of rotatable bonds is 4. The Labute approximate surface area is 99.8 Å². The summed E-state index contributed by atoms with van der Waals surface area (Å²) >= 11 is 0. The Bertz CT molecular complexity index is 244. The van der Waals surface area contributed by atoms with E-state index in [1.807, 2.05) is 0 Å². The van der Waals surface area contributed by atoms with Crippen molar-refractivity contribution in [3.63, 3.8) is 0 Å². The summed E-state index contributed by atoms with van der Waals surface area (Å²) in [5.41, 5.74) is -0.276. The highest BCUT2D eigenvalue weighted by Crippen LogP contribution is 2.22. The van der Waals surface area contributed by atoms with E-state index >= 15 is 0 Å². The molecule has 3 nitrogen and oxygen atoms in total. The lowest BCUT2D eigenvalue weighted by Crippen LogP contribution is -2.54. The molecular weight excluding hydrogens is 198 g/mol. The molecule has 0 bridgehead atoms. The normalized spacial score (nSPS) is 21.3. The van der Waals surface area contributed by atoms with Crippen LogP contribution >= 0.6 is 0 Å². The summed E-state index contributed by atoms with van der Waals surface area (Å²) < 4.78 is 0. The van der Waals surface area contributed by atoms with Crippen LogP contribution in [0.2, 0.25) is 0 Å². The number of hydrogen-bond acceptors (Lipinski definition) is 3. The molecule has 1 fully saturated rings. The zero-order chi connectivity index (χ0) is 12.2. The Morgan fingerprint density at radius 1 is 1.25 bits per heavy atom. The molecule has 0 aromatic carbocycles. The van der Waals surface area contributed by atoms with Gasteiger partial charge in [0.05, 0.1) is 6.07 Å². The maximum Gasteiger partial charge on any atom is 0.109 e. The van der Waals surface area contributed by atoms with E-state index in [1.165, 1.54) is 0 Å².